The number of non-ortho nitro benzene ring substituents is 1. The zero-order valence-electron chi connectivity index (χ0n) is 18.6. The summed E-state index contributed by atoms with van der Waals surface area (Å²) in [6.45, 7) is 0.843. The Morgan fingerprint density at radius 1 is 1.12 bits per heavy atom. The van der Waals surface area contributed by atoms with Crippen molar-refractivity contribution < 1.29 is 37.1 Å². The second kappa shape index (κ2) is 11.1. The summed E-state index contributed by atoms with van der Waals surface area (Å²) in [6, 6.07) is 8.50. The van der Waals surface area contributed by atoms with Gasteiger partial charge in [0.1, 0.15) is 23.0 Å². The molecule has 1 saturated heterocycles. The van der Waals surface area contributed by atoms with Crippen molar-refractivity contribution in [1.29, 1.82) is 0 Å². The molecule has 0 N–H and O–H groups in total. The summed E-state index contributed by atoms with van der Waals surface area (Å²) in [5.41, 5.74) is 0.619. The van der Waals surface area contributed by atoms with Crippen LogP contribution in [0.4, 0.5) is 5.69 Å². The van der Waals surface area contributed by atoms with E-state index < -0.39 is 20.9 Å². The molecule has 3 rings (SSSR count). The van der Waals surface area contributed by atoms with Gasteiger partial charge in [0, 0.05) is 36.9 Å². The van der Waals surface area contributed by atoms with Crippen molar-refractivity contribution in [2.24, 2.45) is 0 Å². The summed E-state index contributed by atoms with van der Waals surface area (Å²) in [6.07, 6.45) is 2.54. The van der Waals surface area contributed by atoms with Crippen LogP contribution in [0.1, 0.15) is 11.1 Å². The molecule has 0 atom stereocenters. The van der Waals surface area contributed by atoms with Crippen molar-refractivity contribution in [1.82, 2.24) is 4.31 Å². The Morgan fingerprint density at radius 3 is 2.44 bits per heavy atom. The van der Waals surface area contributed by atoms with Crippen molar-refractivity contribution in [2.75, 3.05) is 40.5 Å². The minimum atomic E-state index is -3.82. The number of carbonyl (C=O) groups is 1. The van der Waals surface area contributed by atoms with Crippen LogP contribution in [0.3, 0.4) is 0 Å². The van der Waals surface area contributed by atoms with E-state index in [1.54, 1.807) is 6.07 Å². The zero-order chi connectivity index (χ0) is 24.7. The number of esters is 1. The number of carbonyl (C=O) groups excluding carboxylic acids is 1. The Labute approximate surface area is 196 Å². The van der Waals surface area contributed by atoms with Crippen LogP contribution in [0.5, 0.6) is 11.5 Å². The minimum Gasteiger partial charge on any atom is -0.496 e. The van der Waals surface area contributed by atoms with Gasteiger partial charge < -0.3 is 18.9 Å². The average Bonchev–Trinajstić information content (AvgIpc) is 2.86. The number of sulfonamides is 1. The Balaban J connectivity index is 1.74. The first-order valence-corrected chi connectivity index (χ1v) is 11.6. The molecular weight excluding hydrogens is 468 g/mol. The number of rotatable bonds is 9. The first-order valence-electron chi connectivity index (χ1n) is 10.2. The van der Waals surface area contributed by atoms with Crippen molar-refractivity contribution in [3.63, 3.8) is 0 Å². The van der Waals surface area contributed by atoms with Gasteiger partial charge in [-0.15, -0.1) is 0 Å². The first kappa shape index (κ1) is 25.1. The normalized spacial score (nSPS) is 14.6. The molecule has 0 bridgehead atoms. The van der Waals surface area contributed by atoms with Gasteiger partial charge in [0.05, 0.1) is 32.4 Å². The fourth-order valence-electron chi connectivity index (χ4n) is 3.28. The standard InChI is InChI=1S/C22H24N2O9S/c1-30-19-7-5-18(24(26)27)14-17(19)15-33-22(25)8-4-16-3-6-20(31-2)21(13-16)34(28,29)23-9-11-32-12-10-23/h3-8,13-14H,9-12,15H2,1-2H3/b8-4+. The van der Waals surface area contributed by atoms with Gasteiger partial charge in [-0.05, 0) is 29.8 Å². The van der Waals surface area contributed by atoms with Crippen LogP contribution in [0.25, 0.3) is 6.08 Å². The van der Waals surface area contributed by atoms with Gasteiger partial charge in [-0.3, -0.25) is 10.1 Å². The largest absolute Gasteiger partial charge is 0.496 e. The SMILES string of the molecule is COc1ccc([N+](=O)[O-])cc1COC(=O)/C=C/c1ccc(OC)c(S(=O)(=O)N2CCOCC2)c1. The van der Waals surface area contributed by atoms with Gasteiger partial charge in [-0.1, -0.05) is 6.07 Å². The molecule has 0 aliphatic carbocycles. The molecule has 0 aromatic heterocycles. The number of ether oxygens (including phenoxy) is 4. The molecule has 1 aliphatic rings. The van der Waals surface area contributed by atoms with Crippen LogP contribution < -0.4 is 9.47 Å². The topological polar surface area (TPSA) is 135 Å². The third-order valence-corrected chi connectivity index (χ3v) is 6.95. The predicted octanol–water partition coefficient (Wildman–Crippen LogP) is 2.39. The van der Waals surface area contributed by atoms with E-state index in [9.17, 15) is 23.3 Å². The zero-order valence-corrected chi connectivity index (χ0v) is 19.4. The van der Waals surface area contributed by atoms with Gasteiger partial charge in [-0.2, -0.15) is 4.31 Å². The van der Waals surface area contributed by atoms with E-state index >= 15 is 0 Å². The summed E-state index contributed by atoms with van der Waals surface area (Å²) in [5, 5.41) is 11.0. The first-order chi connectivity index (χ1) is 16.3. The van der Waals surface area contributed by atoms with E-state index in [-0.39, 0.29) is 36.0 Å². The average molecular weight is 493 g/mol. The third-order valence-electron chi connectivity index (χ3n) is 5.03. The molecule has 1 aliphatic heterocycles. The predicted molar refractivity (Wildman–Crippen MR) is 121 cm³/mol. The van der Waals surface area contributed by atoms with E-state index in [0.29, 0.717) is 30.1 Å². The summed E-state index contributed by atoms with van der Waals surface area (Å²) < 4.78 is 48.2. The lowest BCUT2D eigenvalue weighted by Crippen LogP contribution is -2.40. The fourth-order valence-corrected chi connectivity index (χ4v) is 4.88. The van der Waals surface area contributed by atoms with Crippen LogP contribution >= 0.6 is 0 Å². The lowest BCUT2D eigenvalue weighted by Gasteiger charge is -2.26. The highest BCUT2D eigenvalue weighted by molar-refractivity contribution is 7.89. The van der Waals surface area contributed by atoms with Gasteiger partial charge in [0.25, 0.3) is 5.69 Å². The molecular formula is C22H24N2O9S. The summed E-state index contributed by atoms with van der Waals surface area (Å²) >= 11 is 0. The number of hydrogen-bond donors (Lipinski definition) is 0. The molecule has 0 radical (unpaired) electrons. The smallest absolute Gasteiger partial charge is 0.331 e. The van der Waals surface area contributed by atoms with Crippen molar-refractivity contribution in [2.45, 2.75) is 11.5 Å². The summed E-state index contributed by atoms with van der Waals surface area (Å²) in [4.78, 5) is 22.6. The van der Waals surface area contributed by atoms with E-state index in [2.05, 4.69) is 0 Å². The van der Waals surface area contributed by atoms with E-state index in [1.165, 1.54) is 54.9 Å². The number of benzene rings is 2. The Morgan fingerprint density at radius 2 is 1.79 bits per heavy atom. The van der Waals surface area contributed by atoms with Crippen LogP contribution in [0, 0.1) is 10.1 Å². The molecule has 1 heterocycles. The van der Waals surface area contributed by atoms with Gasteiger partial charge in [0.2, 0.25) is 10.0 Å². The van der Waals surface area contributed by atoms with Crippen LogP contribution in [0.15, 0.2) is 47.4 Å². The number of nitrogens with zero attached hydrogens (tertiary/aromatic N) is 2. The maximum Gasteiger partial charge on any atom is 0.331 e. The number of nitro benzene ring substituents is 1. The highest BCUT2D eigenvalue weighted by atomic mass is 32.2. The molecule has 1 fully saturated rings. The minimum absolute atomic E-state index is 0.0197. The van der Waals surface area contributed by atoms with E-state index in [0.717, 1.165) is 6.08 Å². The quantitative estimate of drug-likeness (QED) is 0.224. The van der Waals surface area contributed by atoms with Crippen LogP contribution in [-0.2, 0) is 30.9 Å². The van der Waals surface area contributed by atoms with Crippen molar-refractivity contribution in [3.05, 3.63) is 63.7 Å². The fraction of sp³-hybridized carbons (Fsp3) is 0.318. The molecule has 182 valence electrons. The Hall–Kier alpha value is -3.48. The maximum absolute atomic E-state index is 13.1. The highest BCUT2D eigenvalue weighted by Gasteiger charge is 2.29. The molecule has 0 saturated carbocycles. The number of methoxy groups -OCH3 is 2. The maximum atomic E-state index is 13.1. The van der Waals surface area contributed by atoms with Crippen molar-refractivity contribution in [3.8, 4) is 11.5 Å². The highest BCUT2D eigenvalue weighted by Crippen LogP contribution is 2.29. The molecule has 12 heteroatoms. The molecule has 2 aromatic carbocycles. The summed E-state index contributed by atoms with van der Waals surface area (Å²) in [7, 11) is -1.04. The second-order valence-corrected chi connectivity index (χ2v) is 9.03. The molecule has 0 spiro atoms. The van der Waals surface area contributed by atoms with Gasteiger partial charge in [-0.25, -0.2) is 13.2 Å². The molecule has 34 heavy (non-hydrogen) atoms. The molecule has 2 aromatic rings. The summed E-state index contributed by atoms with van der Waals surface area (Å²) in [5.74, 6) is -0.193. The van der Waals surface area contributed by atoms with Crippen LogP contribution in [0.2, 0.25) is 0 Å². The van der Waals surface area contributed by atoms with Crippen molar-refractivity contribution >= 4 is 27.8 Å². The molecule has 0 unspecified atom stereocenters. The van der Waals surface area contributed by atoms with E-state index in [1.807, 2.05) is 0 Å². The lowest BCUT2D eigenvalue weighted by atomic mass is 10.2. The second-order valence-electron chi connectivity index (χ2n) is 7.12. The van der Waals surface area contributed by atoms with Crippen LogP contribution in [-0.4, -0.2) is 64.1 Å². The molecule has 11 nitrogen and oxygen atoms in total. The van der Waals surface area contributed by atoms with Gasteiger partial charge in [0.15, 0.2) is 0 Å². The third kappa shape index (κ3) is 5.90. The number of morpholine rings is 1. The van der Waals surface area contributed by atoms with E-state index in [4.69, 9.17) is 18.9 Å². The monoisotopic (exact) mass is 492 g/mol. The van der Waals surface area contributed by atoms with Gasteiger partial charge >= 0.3 is 5.97 Å². The Bertz CT molecular complexity index is 1190. The number of nitro groups is 1. The number of hydrogen-bond acceptors (Lipinski definition) is 9. The lowest BCUT2D eigenvalue weighted by molar-refractivity contribution is -0.385. The Kier molecular flexibility index (Phi) is 8.21. The molecule has 0 amide bonds.